The summed E-state index contributed by atoms with van der Waals surface area (Å²) in [5, 5.41) is 12.7. The van der Waals surface area contributed by atoms with Crippen LogP contribution in [0.2, 0.25) is 5.02 Å². The zero-order valence-electron chi connectivity index (χ0n) is 10.3. The third kappa shape index (κ3) is 3.04. The predicted octanol–water partition coefficient (Wildman–Crippen LogP) is 4.52. The molecule has 0 aromatic heterocycles. The quantitative estimate of drug-likeness (QED) is 0.893. The molecule has 2 nitrogen and oxygen atoms in total. The van der Waals surface area contributed by atoms with Crippen molar-refractivity contribution in [2.45, 2.75) is 13.0 Å². The van der Waals surface area contributed by atoms with E-state index in [1.165, 1.54) is 12.1 Å². The fourth-order valence-electron chi connectivity index (χ4n) is 1.83. The highest BCUT2D eigenvalue weighted by molar-refractivity contribution is 6.32. The van der Waals surface area contributed by atoms with Gasteiger partial charge in [0.05, 0.1) is 16.3 Å². The highest BCUT2D eigenvalue weighted by Gasteiger charge is 2.10. The molecule has 0 bridgehead atoms. The molecule has 4 heteroatoms. The number of nitrogens with one attached hydrogen (secondary N) is 1. The molecule has 2 rings (SSSR count). The van der Waals surface area contributed by atoms with E-state index in [-0.39, 0.29) is 11.9 Å². The molecule has 0 aliphatic heterocycles. The number of hydrogen-bond donors (Lipinski definition) is 1. The molecule has 0 aliphatic rings. The van der Waals surface area contributed by atoms with Crippen LogP contribution in [0.1, 0.15) is 24.1 Å². The molecule has 1 atom stereocenters. The summed E-state index contributed by atoms with van der Waals surface area (Å²) in [7, 11) is 0. The maximum Gasteiger partial charge on any atom is 0.123 e. The first kappa shape index (κ1) is 13.4. The van der Waals surface area contributed by atoms with Gasteiger partial charge >= 0.3 is 0 Å². The zero-order valence-corrected chi connectivity index (χ0v) is 11.1. The first-order chi connectivity index (χ1) is 9.11. The number of nitriles is 1. The summed E-state index contributed by atoms with van der Waals surface area (Å²) in [6.07, 6.45) is 0. The minimum absolute atomic E-state index is 0.0498. The van der Waals surface area contributed by atoms with Crippen LogP contribution < -0.4 is 5.32 Å². The Kier molecular flexibility index (Phi) is 4.03. The molecule has 1 N–H and O–H groups in total. The van der Waals surface area contributed by atoms with Gasteiger partial charge in [-0.15, -0.1) is 0 Å². The maximum absolute atomic E-state index is 12.9. The molecule has 0 aliphatic carbocycles. The summed E-state index contributed by atoms with van der Waals surface area (Å²) in [5.74, 6) is -0.267. The Balaban J connectivity index is 2.24. The van der Waals surface area contributed by atoms with Gasteiger partial charge in [0.1, 0.15) is 11.9 Å². The Morgan fingerprint density at radius 2 is 1.89 bits per heavy atom. The van der Waals surface area contributed by atoms with Gasteiger partial charge in [-0.1, -0.05) is 29.8 Å². The van der Waals surface area contributed by atoms with E-state index in [4.69, 9.17) is 16.9 Å². The van der Waals surface area contributed by atoms with Crippen LogP contribution in [0.5, 0.6) is 0 Å². The number of halogens is 2. The van der Waals surface area contributed by atoms with Crippen molar-refractivity contribution in [2.75, 3.05) is 5.32 Å². The lowest BCUT2D eigenvalue weighted by atomic mass is 10.1. The minimum atomic E-state index is -0.267. The second-order valence-electron chi connectivity index (χ2n) is 4.19. The second kappa shape index (κ2) is 5.73. The van der Waals surface area contributed by atoms with Crippen molar-refractivity contribution in [3.05, 3.63) is 64.4 Å². The Hall–Kier alpha value is -2.05. The van der Waals surface area contributed by atoms with Gasteiger partial charge in [-0.05, 0) is 36.8 Å². The highest BCUT2D eigenvalue weighted by Crippen LogP contribution is 2.27. The number of nitrogens with zero attached hydrogens (tertiary/aromatic N) is 1. The van der Waals surface area contributed by atoms with E-state index in [2.05, 4.69) is 11.4 Å². The average molecular weight is 275 g/mol. The standard InChI is InChI=1S/C15H12ClFN2/c1-10(11-5-7-12(17)8-6-11)19-15-4-2-3-14(16)13(15)9-18/h2-8,10,19H,1H3. The van der Waals surface area contributed by atoms with E-state index in [0.717, 1.165) is 5.56 Å². The predicted molar refractivity (Wildman–Crippen MR) is 74.6 cm³/mol. The Morgan fingerprint density at radius 1 is 1.21 bits per heavy atom. The maximum atomic E-state index is 12.9. The lowest BCUT2D eigenvalue weighted by Gasteiger charge is -2.17. The molecule has 96 valence electrons. The van der Waals surface area contributed by atoms with Gasteiger partial charge in [0.2, 0.25) is 0 Å². The summed E-state index contributed by atoms with van der Waals surface area (Å²) in [4.78, 5) is 0. The van der Waals surface area contributed by atoms with Gasteiger partial charge in [-0.3, -0.25) is 0 Å². The molecular weight excluding hydrogens is 263 g/mol. The molecule has 0 spiro atoms. The summed E-state index contributed by atoms with van der Waals surface area (Å²) in [6, 6.07) is 13.5. The third-order valence-corrected chi connectivity index (χ3v) is 3.18. The van der Waals surface area contributed by atoms with Gasteiger partial charge in [0, 0.05) is 6.04 Å². The number of hydrogen-bond acceptors (Lipinski definition) is 2. The fraction of sp³-hybridized carbons (Fsp3) is 0.133. The van der Waals surface area contributed by atoms with Crippen LogP contribution >= 0.6 is 11.6 Å². The molecule has 0 heterocycles. The minimum Gasteiger partial charge on any atom is -0.377 e. The number of benzene rings is 2. The molecule has 1 unspecified atom stereocenters. The normalized spacial score (nSPS) is 11.7. The average Bonchev–Trinajstić information content (AvgIpc) is 2.39. The molecule has 19 heavy (non-hydrogen) atoms. The second-order valence-corrected chi connectivity index (χ2v) is 4.60. The van der Waals surface area contributed by atoms with Crippen LogP contribution in [0.3, 0.4) is 0 Å². The van der Waals surface area contributed by atoms with Crippen LogP contribution in [-0.2, 0) is 0 Å². The van der Waals surface area contributed by atoms with Crippen molar-refractivity contribution in [3.63, 3.8) is 0 Å². The van der Waals surface area contributed by atoms with Crippen LogP contribution in [0.15, 0.2) is 42.5 Å². The van der Waals surface area contributed by atoms with E-state index < -0.39 is 0 Å². The van der Waals surface area contributed by atoms with Gasteiger partial charge in [0.25, 0.3) is 0 Å². The molecule has 2 aromatic rings. The van der Waals surface area contributed by atoms with Crippen LogP contribution in [0.4, 0.5) is 10.1 Å². The third-order valence-electron chi connectivity index (χ3n) is 2.87. The van der Waals surface area contributed by atoms with Crippen molar-refractivity contribution in [3.8, 4) is 6.07 Å². The summed E-state index contributed by atoms with van der Waals surface area (Å²) < 4.78 is 12.9. The lowest BCUT2D eigenvalue weighted by molar-refractivity contribution is 0.626. The molecule has 0 radical (unpaired) electrons. The molecule has 0 fully saturated rings. The van der Waals surface area contributed by atoms with E-state index in [9.17, 15) is 4.39 Å². The lowest BCUT2D eigenvalue weighted by Crippen LogP contribution is -2.08. The smallest absolute Gasteiger partial charge is 0.123 e. The van der Waals surface area contributed by atoms with Crippen molar-refractivity contribution in [2.24, 2.45) is 0 Å². The molecular formula is C15H12ClFN2. The van der Waals surface area contributed by atoms with Crippen LogP contribution in [0.25, 0.3) is 0 Å². The number of rotatable bonds is 3. The van der Waals surface area contributed by atoms with Crippen molar-refractivity contribution >= 4 is 17.3 Å². The molecule has 2 aromatic carbocycles. The summed E-state index contributed by atoms with van der Waals surface area (Å²) in [5.41, 5.74) is 2.02. The largest absolute Gasteiger partial charge is 0.377 e. The highest BCUT2D eigenvalue weighted by atomic mass is 35.5. The Labute approximate surface area is 116 Å². The molecule has 0 saturated heterocycles. The van der Waals surface area contributed by atoms with E-state index in [1.54, 1.807) is 30.3 Å². The van der Waals surface area contributed by atoms with Gasteiger partial charge in [0.15, 0.2) is 0 Å². The Morgan fingerprint density at radius 3 is 2.53 bits per heavy atom. The SMILES string of the molecule is CC(Nc1cccc(Cl)c1C#N)c1ccc(F)cc1. The first-order valence-electron chi connectivity index (χ1n) is 5.82. The monoisotopic (exact) mass is 274 g/mol. The van der Waals surface area contributed by atoms with Gasteiger partial charge in [-0.2, -0.15) is 5.26 Å². The van der Waals surface area contributed by atoms with Crippen LogP contribution in [0, 0.1) is 17.1 Å². The van der Waals surface area contributed by atoms with E-state index >= 15 is 0 Å². The van der Waals surface area contributed by atoms with Gasteiger partial charge < -0.3 is 5.32 Å². The van der Waals surface area contributed by atoms with Crippen molar-refractivity contribution in [1.29, 1.82) is 5.26 Å². The van der Waals surface area contributed by atoms with E-state index in [0.29, 0.717) is 16.3 Å². The zero-order chi connectivity index (χ0) is 13.8. The summed E-state index contributed by atoms with van der Waals surface area (Å²) >= 11 is 5.97. The number of anilines is 1. The molecule has 0 saturated carbocycles. The van der Waals surface area contributed by atoms with Crippen molar-refractivity contribution < 1.29 is 4.39 Å². The fourth-order valence-corrected chi connectivity index (χ4v) is 2.04. The van der Waals surface area contributed by atoms with Gasteiger partial charge in [-0.25, -0.2) is 4.39 Å². The topological polar surface area (TPSA) is 35.8 Å². The van der Waals surface area contributed by atoms with Crippen molar-refractivity contribution in [1.82, 2.24) is 0 Å². The van der Waals surface area contributed by atoms with E-state index in [1.807, 2.05) is 6.92 Å². The Bertz CT molecular complexity index is 617. The molecule has 0 amide bonds. The first-order valence-corrected chi connectivity index (χ1v) is 6.20. The summed E-state index contributed by atoms with van der Waals surface area (Å²) in [6.45, 7) is 1.94. The van der Waals surface area contributed by atoms with Crippen LogP contribution in [-0.4, -0.2) is 0 Å².